The van der Waals surface area contributed by atoms with Crippen LogP contribution in [0.1, 0.15) is 17.5 Å². The molecule has 1 heterocycles. The number of alkyl halides is 3. The molecule has 2 nitrogen and oxygen atoms in total. The highest BCUT2D eigenvalue weighted by Crippen LogP contribution is 2.32. The molecule has 1 aliphatic rings. The van der Waals surface area contributed by atoms with E-state index in [1.54, 1.807) is 0 Å². The van der Waals surface area contributed by atoms with E-state index in [0.717, 1.165) is 44.7 Å². The van der Waals surface area contributed by atoms with Crippen LogP contribution in [-0.2, 0) is 12.7 Å². The minimum atomic E-state index is -4.64. The van der Waals surface area contributed by atoms with E-state index in [0.29, 0.717) is 12.1 Å². The van der Waals surface area contributed by atoms with Crippen LogP contribution in [0.5, 0.6) is 0 Å². The van der Waals surface area contributed by atoms with Crippen LogP contribution < -0.4 is 5.32 Å². The molecule has 0 spiro atoms. The highest BCUT2D eigenvalue weighted by molar-refractivity contribution is 5.27. The third-order valence-corrected chi connectivity index (χ3v) is 3.18. The fourth-order valence-electron chi connectivity index (χ4n) is 2.21. The summed E-state index contributed by atoms with van der Waals surface area (Å²) >= 11 is 0. The normalized spacial score (nSPS) is 18.3. The van der Waals surface area contributed by atoms with Gasteiger partial charge in [-0.2, -0.15) is 13.2 Å². The summed E-state index contributed by atoms with van der Waals surface area (Å²) in [6.45, 7) is 3.80. The number of benzene rings is 1. The SMILES string of the molecule is Fc1ccc(CN2CCCNCC2)cc1C(F)(F)F. The summed E-state index contributed by atoms with van der Waals surface area (Å²) in [6, 6.07) is 3.23. The topological polar surface area (TPSA) is 15.3 Å². The maximum atomic E-state index is 13.2. The maximum absolute atomic E-state index is 13.2. The molecule has 1 N–H and O–H groups in total. The zero-order valence-electron chi connectivity index (χ0n) is 10.4. The average molecular weight is 276 g/mol. The van der Waals surface area contributed by atoms with Gasteiger partial charge in [0.15, 0.2) is 0 Å². The molecular weight excluding hydrogens is 260 g/mol. The van der Waals surface area contributed by atoms with Crippen LogP contribution in [0.25, 0.3) is 0 Å². The summed E-state index contributed by atoms with van der Waals surface area (Å²) in [7, 11) is 0. The number of nitrogens with one attached hydrogen (secondary N) is 1. The minimum absolute atomic E-state index is 0.422. The smallest absolute Gasteiger partial charge is 0.315 e. The van der Waals surface area contributed by atoms with E-state index in [1.165, 1.54) is 6.07 Å². The molecule has 1 aromatic carbocycles. The van der Waals surface area contributed by atoms with Crippen LogP contribution >= 0.6 is 0 Å². The molecule has 0 saturated carbocycles. The van der Waals surface area contributed by atoms with E-state index < -0.39 is 17.6 Å². The van der Waals surface area contributed by atoms with Gasteiger partial charge in [-0.05, 0) is 37.2 Å². The first-order valence-corrected chi connectivity index (χ1v) is 6.25. The van der Waals surface area contributed by atoms with Crippen molar-refractivity contribution in [2.45, 2.75) is 19.1 Å². The van der Waals surface area contributed by atoms with Crippen molar-refractivity contribution in [3.8, 4) is 0 Å². The van der Waals surface area contributed by atoms with Gasteiger partial charge in [0.2, 0.25) is 0 Å². The largest absolute Gasteiger partial charge is 0.419 e. The van der Waals surface area contributed by atoms with E-state index in [2.05, 4.69) is 10.2 Å². The Hall–Kier alpha value is -1.14. The summed E-state index contributed by atoms with van der Waals surface area (Å²) < 4.78 is 51.0. The number of nitrogens with zero attached hydrogens (tertiary/aromatic N) is 1. The van der Waals surface area contributed by atoms with Crippen molar-refractivity contribution in [2.24, 2.45) is 0 Å². The van der Waals surface area contributed by atoms with Crippen molar-refractivity contribution in [1.82, 2.24) is 10.2 Å². The molecule has 1 aliphatic heterocycles. The number of hydrogen-bond donors (Lipinski definition) is 1. The van der Waals surface area contributed by atoms with Gasteiger partial charge in [0.05, 0.1) is 5.56 Å². The van der Waals surface area contributed by atoms with Crippen molar-refractivity contribution in [3.63, 3.8) is 0 Å². The third kappa shape index (κ3) is 3.91. The van der Waals surface area contributed by atoms with Crippen molar-refractivity contribution in [3.05, 3.63) is 35.1 Å². The number of rotatable bonds is 2. The second-order valence-corrected chi connectivity index (χ2v) is 4.69. The molecule has 0 radical (unpaired) electrons. The van der Waals surface area contributed by atoms with Gasteiger partial charge < -0.3 is 5.32 Å². The fraction of sp³-hybridized carbons (Fsp3) is 0.538. The van der Waals surface area contributed by atoms with Gasteiger partial charge >= 0.3 is 6.18 Å². The molecule has 0 aromatic heterocycles. The van der Waals surface area contributed by atoms with E-state index in [9.17, 15) is 17.6 Å². The lowest BCUT2D eigenvalue weighted by Gasteiger charge is -2.20. The summed E-state index contributed by atoms with van der Waals surface area (Å²) in [4.78, 5) is 2.08. The molecule has 1 saturated heterocycles. The fourth-order valence-corrected chi connectivity index (χ4v) is 2.21. The number of hydrogen-bond acceptors (Lipinski definition) is 2. The van der Waals surface area contributed by atoms with Crippen molar-refractivity contribution >= 4 is 0 Å². The molecule has 6 heteroatoms. The first kappa shape index (κ1) is 14.3. The predicted octanol–water partition coefficient (Wildman–Crippen LogP) is 2.64. The Bertz CT molecular complexity index is 423. The van der Waals surface area contributed by atoms with E-state index >= 15 is 0 Å². The van der Waals surface area contributed by atoms with Crippen LogP contribution in [0, 0.1) is 5.82 Å². The summed E-state index contributed by atoms with van der Waals surface area (Å²) in [5.74, 6) is -1.21. The van der Waals surface area contributed by atoms with E-state index in [4.69, 9.17) is 0 Å². The lowest BCUT2D eigenvalue weighted by molar-refractivity contribution is -0.140. The van der Waals surface area contributed by atoms with Gasteiger partial charge in [-0.25, -0.2) is 4.39 Å². The molecule has 0 atom stereocenters. The van der Waals surface area contributed by atoms with Gasteiger partial charge in [0, 0.05) is 19.6 Å². The Morgan fingerprint density at radius 3 is 2.68 bits per heavy atom. The first-order valence-electron chi connectivity index (χ1n) is 6.25. The van der Waals surface area contributed by atoms with Gasteiger partial charge in [0.1, 0.15) is 5.82 Å². The van der Waals surface area contributed by atoms with Crippen LogP contribution in [0.4, 0.5) is 17.6 Å². The molecule has 0 amide bonds. The molecule has 2 rings (SSSR count). The average Bonchev–Trinajstić information content (AvgIpc) is 2.59. The molecule has 1 aromatic rings. The standard InChI is InChI=1S/C13H16F4N2/c14-12-3-2-10(8-11(12)13(15,16)17)9-19-6-1-4-18-5-7-19/h2-3,8,18H,1,4-7,9H2. The maximum Gasteiger partial charge on any atom is 0.419 e. The van der Waals surface area contributed by atoms with Crippen LogP contribution in [-0.4, -0.2) is 31.1 Å². The van der Waals surface area contributed by atoms with Crippen LogP contribution in [0.2, 0.25) is 0 Å². The molecule has 106 valence electrons. The minimum Gasteiger partial charge on any atom is -0.315 e. The predicted molar refractivity (Wildman–Crippen MR) is 64.2 cm³/mol. The van der Waals surface area contributed by atoms with Crippen LogP contribution in [0.3, 0.4) is 0 Å². The lowest BCUT2D eigenvalue weighted by atomic mass is 10.1. The lowest BCUT2D eigenvalue weighted by Crippen LogP contribution is -2.27. The molecule has 19 heavy (non-hydrogen) atoms. The Labute approximate surface area is 109 Å². The monoisotopic (exact) mass is 276 g/mol. The third-order valence-electron chi connectivity index (χ3n) is 3.18. The van der Waals surface area contributed by atoms with Crippen molar-refractivity contribution in [2.75, 3.05) is 26.2 Å². The van der Waals surface area contributed by atoms with Gasteiger partial charge in [0.25, 0.3) is 0 Å². The van der Waals surface area contributed by atoms with Gasteiger partial charge in [-0.1, -0.05) is 6.07 Å². The molecule has 0 unspecified atom stereocenters. The number of halogens is 4. The zero-order valence-corrected chi connectivity index (χ0v) is 10.4. The van der Waals surface area contributed by atoms with Crippen molar-refractivity contribution in [1.29, 1.82) is 0 Å². The highest BCUT2D eigenvalue weighted by atomic mass is 19.4. The second kappa shape index (κ2) is 5.88. The van der Waals surface area contributed by atoms with E-state index in [1.807, 2.05) is 0 Å². The summed E-state index contributed by atoms with van der Waals surface area (Å²) in [5, 5.41) is 3.23. The zero-order chi connectivity index (χ0) is 13.9. The Balaban J connectivity index is 2.12. The molecule has 0 aliphatic carbocycles. The Morgan fingerprint density at radius 2 is 1.95 bits per heavy atom. The molecular formula is C13H16F4N2. The van der Waals surface area contributed by atoms with Crippen LogP contribution in [0.15, 0.2) is 18.2 Å². The van der Waals surface area contributed by atoms with Gasteiger partial charge in [-0.3, -0.25) is 4.90 Å². The summed E-state index contributed by atoms with van der Waals surface area (Å²) in [5.41, 5.74) is -0.687. The molecule has 1 fully saturated rings. The first-order chi connectivity index (χ1) is 8.97. The molecule has 0 bridgehead atoms. The Kier molecular flexibility index (Phi) is 4.42. The van der Waals surface area contributed by atoms with Gasteiger partial charge in [-0.15, -0.1) is 0 Å². The van der Waals surface area contributed by atoms with Crippen molar-refractivity contribution < 1.29 is 17.6 Å². The van der Waals surface area contributed by atoms with E-state index in [-0.39, 0.29) is 0 Å². The highest BCUT2D eigenvalue weighted by Gasteiger charge is 2.34. The Morgan fingerprint density at radius 1 is 1.16 bits per heavy atom. The summed E-state index contributed by atoms with van der Waals surface area (Å²) in [6.07, 6.45) is -3.67. The quantitative estimate of drug-likeness (QED) is 0.835. The second-order valence-electron chi connectivity index (χ2n) is 4.69.